The minimum absolute atomic E-state index is 0.0998. The first kappa shape index (κ1) is 14.7. The Morgan fingerprint density at radius 3 is 2.95 bits per heavy atom. The van der Waals surface area contributed by atoms with E-state index in [1.54, 1.807) is 11.3 Å². The molecule has 2 aromatic heterocycles. The molecule has 6 heteroatoms. The first-order valence-corrected chi connectivity index (χ1v) is 8.05. The normalized spacial score (nSPS) is 14.5. The van der Waals surface area contributed by atoms with E-state index in [2.05, 4.69) is 57.8 Å². The van der Waals surface area contributed by atoms with Crippen LogP contribution in [-0.2, 0) is 6.42 Å². The van der Waals surface area contributed by atoms with Crippen LogP contribution in [0.15, 0.2) is 27.5 Å². The summed E-state index contributed by atoms with van der Waals surface area (Å²) < 4.78 is 3.14. The second-order valence-electron chi connectivity index (χ2n) is 4.65. The molecule has 0 radical (unpaired) electrons. The van der Waals surface area contributed by atoms with Gasteiger partial charge in [0.25, 0.3) is 0 Å². The molecule has 0 aliphatic heterocycles. The van der Waals surface area contributed by atoms with Crippen LogP contribution in [0.2, 0.25) is 0 Å². The van der Waals surface area contributed by atoms with Gasteiger partial charge in [0.2, 0.25) is 0 Å². The van der Waals surface area contributed by atoms with E-state index < -0.39 is 0 Å². The number of hydrazine groups is 1. The molecule has 2 atom stereocenters. The maximum atomic E-state index is 5.66. The highest BCUT2D eigenvalue weighted by molar-refractivity contribution is 9.11. The Morgan fingerprint density at radius 2 is 2.37 bits per heavy atom. The van der Waals surface area contributed by atoms with Crippen molar-refractivity contribution in [2.24, 2.45) is 5.84 Å². The summed E-state index contributed by atoms with van der Waals surface area (Å²) in [6.45, 7) is 4.34. The van der Waals surface area contributed by atoms with Gasteiger partial charge in [-0.05, 0) is 52.4 Å². The number of thiophene rings is 1. The molecular weight excluding hydrogens is 324 g/mol. The number of hydrogen-bond donors (Lipinski definition) is 2. The fourth-order valence-electron chi connectivity index (χ4n) is 1.91. The fourth-order valence-corrected chi connectivity index (χ4v) is 3.14. The molecule has 0 spiro atoms. The standard InChI is InChI=1S/C13H19BrN4S/c1-3-9(2)18-5-4-11(17-18)7-12(16-15)10-6-13(14)19-8-10/h4-6,8-9,12,16H,3,7,15H2,1-2H3. The summed E-state index contributed by atoms with van der Waals surface area (Å²) in [4.78, 5) is 0. The molecule has 0 amide bonds. The predicted octanol–water partition coefficient (Wildman–Crippen LogP) is 3.43. The van der Waals surface area contributed by atoms with Crippen LogP contribution in [0.5, 0.6) is 0 Å². The topological polar surface area (TPSA) is 55.9 Å². The Kier molecular flexibility index (Phi) is 5.15. The molecule has 19 heavy (non-hydrogen) atoms. The Labute approximate surface area is 126 Å². The highest BCUT2D eigenvalue weighted by atomic mass is 79.9. The quantitative estimate of drug-likeness (QED) is 0.624. The minimum atomic E-state index is 0.0998. The number of nitrogens with one attached hydrogen (secondary N) is 1. The number of rotatable bonds is 6. The van der Waals surface area contributed by atoms with Gasteiger partial charge in [-0.25, -0.2) is 0 Å². The molecular formula is C13H19BrN4S. The van der Waals surface area contributed by atoms with Crippen LogP contribution in [0.4, 0.5) is 0 Å². The van der Waals surface area contributed by atoms with Crippen molar-refractivity contribution < 1.29 is 0 Å². The van der Waals surface area contributed by atoms with E-state index in [4.69, 9.17) is 5.84 Å². The molecule has 0 saturated heterocycles. The summed E-state index contributed by atoms with van der Waals surface area (Å²) in [5.74, 6) is 5.66. The number of aromatic nitrogens is 2. The largest absolute Gasteiger partial charge is 0.271 e. The summed E-state index contributed by atoms with van der Waals surface area (Å²) in [5, 5.41) is 6.73. The summed E-state index contributed by atoms with van der Waals surface area (Å²) in [7, 11) is 0. The third-order valence-electron chi connectivity index (χ3n) is 3.31. The Morgan fingerprint density at radius 1 is 1.58 bits per heavy atom. The summed E-state index contributed by atoms with van der Waals surface area (Å²) in [5.41, 5.74) is 5.12. The van der Waals surface area contributed by atoms with Crippen LogP contribution in [0, 0.1) is 0 Å². The van der Waals surface area contributed by atoms with Crippen LogP contribution in [-0.4, -0.2) is 9.78 Å². The predicted molar refractivity (Wildman–Crippen MR) is 83.0 cm³/mol. The molecule has 4 nitrogen and oxygen atoms in total. The van der Waals surface area contributed by atoms with Crippen molar-refractivity contribution in [1.82, 2.24) is 15.2 Å². The van der Waals surface area contributed by atoms with E-state index in [1.165, 1.54) is 5.56 Å². The zero-order valence-corrected chi connectivity index (χ0v) is 13.5. The van der Waals surface area contributed by atoms with Crippen molar-refractivity contribution in [1.29, 1.82) is 0 Å². The molecule has 2 aromatic rings. The monoisotopic (exact) mass is 342 g/mol. The van der Waals surface area contributed by atoms with E-state index in [1.807, 2.05) is 10.9 Å². The van der Waals surface area contributed by atoms with Gasteiger partial charge in [-0.3, -0.25) is 16.0 Å². The Balaban J connectivity index is 2.08. The van der Waals surface area contributed by atoms with Crippen LogP contribution < -0.4 is 11.3 Å². The van der Waals surface area contributed by atoms with Crippen molar-refractivity contribution in [3.8, 4) is 0 Å². The molecule has 2 heterocycles. The lowest BCUT2D eigenvalue weighted by molar-refractivity contribution is 0.467. The van der Waals surface area contributed by atoms with Gasteiger partial charge in [-0.1, -0.05) is 6.92 Å². The number of nitrogens with two attached hydrogens (primary N) is 1. The minimum Gasteiger partial charge on any atom is -0.271 e. The van der Waals surface area contributed by atoms with Gasteiger partial charge in [-0.15, -0.1) is 11.3 Å². The van der Waals surface area contributed by atoms with Crippen molar-refractivity contribution in [3.63, 3.8) is 0 Å². The molecule has 104 valence electrons. The van der Waals surface area contributed by atoms with E-state index in [0.29, 0.717) is 6.04 Å². The lowest BCUT2D eigenvalue weighted by Gasteiger charge is -2.13. The smallest absolute Gasteiger partial charge is 0.0701 e. The first-order chi connectivity index (χ1) is 9.13. The fraction of sp³-hybridized carbons (Fsp3) is 0.462. The molecule has 0 aliphatic rings. The average Bonchev–Trinajstić information content (AvgIpc) is 3.04. The lowest BCUT2D eigenvalue weighted by Crippen LogP contribution is -2.29. The van der Waals surface area contributed by atoms with E-state index in [-0.39, 0.29) is 6.04 Å². The van der Waals surface area contributed by atoms with Crippen LogP contribution in [0.3, 0.4) is 0 Å². The summed E-state index contributed by atoms with van der Waals surface area (Å²) in [6.07, 6.45) is 3.92. The maximum absolute atomic E-state index is 5.66. The van der Waals surface area contributed by atoms with E-state index >= 15 is 0 Å². The molecule has 2 unspecified atom stereocenters. The lowest BCUT2D eigenvalue weighted by atomic mass is 10.1. The highest BCUT2D eigenvalue weighted by Crippen LogP contribution is 2.26. The number of nitrogens with zero attached hydrogens (tertiary/aromatic N) is 2. The Hall–Kier alpha value is -0.690. The van der Waals surface area contributed by atoms with Gasteiger partial charge < -0.3 is 0 Å². The molecule has 0 fully saturated rings. The van der Waals surface area contributed by atoms with Crippen LogP contribution >= 0.6 is 27.3 Å². The third kappa shape index (κ3) is 3.66. The van der Waals surface area contributed by atoms with Gasteiger partial charge in [0.1, 0.15) is 0 Å². The SMILES string of the molecule is CCC(C)n1ccc(CC(NN)c2csc(Br)c2)n1. The first-order valence-electron chi connectivity index (χ1n) is 6.38. The number of halogens is 1. The number of hydrogen-bond acceptors (Lipinski definition) is 4. The van der Waals surface area contributed by atoms with Gasteiger partial charge in [0.05, 0.1) is 15.5 Å². The molecule has 3 N–H and O–H groups in total. The Bertz CT molecular complexity index is 522. The molecule has 0 aromatic carbocycles. The van der Waals surface area contributed by atoms with Gasteiger partial charge in [0.15, 0.2) is 0 Å². The molecule has 0 saturated carbocycles. The van der Waals surface area contributed by atoms with Crippen molar-refractivity contribution in [2.45, 2.75) is 38.8 Å². The highest BCUT2D eigenvalue weighted by Gasteiger charge is 2.14. The maximum Gasteiger partial charge on any atom is 0.0701 e. The van der Waals surface area contributed by atoms with E-state index in [0.717, 1.165) is 22.3 Å². The second kappa shape index (κ2) is 6.65. The van der Waals surface area contributed by atoms with Crippen molar-refractivity contribution in [3.05, 3.63) is 38.8 Å². The zero-order valence-electron chi connectivity index (χ0n) is 11.1. The van der Waals surface area contributed by atoms with E-state index in [9.17, 15) is 0 Å². The van der Waals surface area contributed by atoms with Crippen molar-refractivity contribution >= 4 is 27.3 Å². The third-order valence-corrected chi connectivity index (χ3v) is 4.83. The van der Waals surface area contributed by atoms with Crippen LogP contribution in [0.1, 0.15) is 43.6 Å². The van der Waals surface area contributed by atoms with Gasteiger partial charge in [0, 0.05) is 18.7 Å². The van der Waals surface area contributed by atoms with Gasteiger partial charge >= 0.3 is 0 Å². The zero-order chi connectivity index (χ0) is 13.8. The summed E-state index contributed by atoms with van der Waals surface area (Å²) >= 11 is 5.15. The molecule has 2 rings (SSSR count). The average molecular weight is 343 g/mol. The second-order valence-corrected chi connectivity index (χ2v) is 6.94. The van der Waals surface area contributed by atoms with Gasteiger partial charge in [-0.2, -0.15) is 5.10 Å². The summed E-state index contributed by atoms with van der Waals surface area (Å²) in [6, 6.07) is 4.70. The molecule has 0 aliphatic carbocycles. The van der Waals surface area contributed by atoms with Crippen molar-refractivity contribution in [2.75, 3.05) is 0 Å². The molecule has 0 bridgehead atoms. The van der Waals surface area contributed by atoms with Crippen LogP contribution in [0.25, 0.3) is 0 Å².